The number of benzene rings is 1. The second-order valence-corrected chi connectivity index (χ2v) is 5.01. The van der Waals surface area contributed by atoms with Crippen molar-refractivity contribution in [1.29, 1.82) is 0 Å². The van der Waals surface area contributed by atoms with Gasteiger partial charge in [-0.2, -0.15) is 0 Å². The van der Waals surface area contributed by atoms with E-state index in [0.717, 1.165) is 10.1 Å². The summed E-state index contributed by atoms with van der Waals surface area (Å²) in [4.78, 5) is 31.3. The molecule has 0 aliphatic carbocycles. The fourth-order valence-corrected chi connectivity index (χ4v) is 2.29. The van der Waals surface area contributed by atoms with Gasteiger partial charge in [0, 0.05) is 26.2 Å². The largest absolute Gasteiger partial charge is 0.399 e. The number of hydrogen-bond donors (Lipinski definition) is 2. The lowest BCUT2D eigenvalue weighted by Crippen LogP contribution is -2.36. The van der Waals surface area contributed by atoms with Crippen LogP contribution in [0.25, 0.3) is 11.2 Å². The molecule has 2 heterocycles. The number of aromatic nitrogens is 4. The molecule has 0 unspecified atom stereocenters. The van der Waals surface area contributed by atoms with Crippen LogP contribution in [-0.4, -0.2) is 19.1 Å². The van der Waals surface area contributed by atoms with Crippen molar-refractivity contribution in [2.45, 2.75) is 6.42 Å². The van der Waals surface area contributed by atoms with Crippen molar-refractivity contribution in [3.8, 4) is 0 Å². The van der Waals surface area contributed by atoms with Crippen molar-refractivity contribution in [2.75, 3.05) is 5.73 Å². The number of imidazole rings is 1. The molecule has 2 aromatic heterocycles. The van der Waals surface area contributed by atoms with Crippen LogP contribution < -0.4 is 17.0 Å². The molecule has 0 spiro atoms. The minimum atomic E-state index is -0.391. The summed E-state index contributed by atoms with van der Waals surface area (Å²) in [6.07, 6.45) is 0.534. The number of aryl methyl sites for hydroxylation is 1. The Morgan fingerprint density at radius 2 is 1.81 bits per heavy atom. The van der Waals surface area contributed by atoms with E-state index in [-0.39, 0.29) is 5.56 Å². The van der Waals surface area contributed by atoms with Gasteiger partial charge in [0.25, 0.3) is 5.56 Å². The Kier molecular flexibility index (Phi) is 2.90. The number of nitrogens with one attached hydrogen (secondary N) is 1. The Balaban J connectivity index is 2.12. The average Bonchev–Trinajstić information content (AvgIpc) is 2.89. The van der Waals surface area contributed by atoms with Gasteiger partial charge in [-0.3, -0.25) is 13.9 Å². The molecule has 0 radical (unpaired) electrons. The molecule has 7 heteroatoms. The normalized spacial score (nSPS) is 11.1. The predicted octanol–water partition coefficient (Wildman–Crippen LogP) is 0.133. The van der Waals surface area contributed by atoms with Gasteiger partial charge >= 0.3 is 5.69 Å². The summed E-state index contributed by atoms with van der Waals surface area (Å²) in [5.41, 5.74) is 7.31. The van der Waals surface area contributed by atoms with Crippen LogP contribution in [0.4, 0.5) is 5.69 Å². The van der Waals surface area contributed by atoms with Crippen molar-refractivity contribution < 1.29 is 0 Å². The standard InChI is InChI=1S/C14H15N5O2/c1-18-12-11(13(20)19(2)14(18)21)16-10(17-12)7-8-3-5-9(15)6-4-8/h3-6H,7,15H2,1-2H3,(H,16,17). The number of hydrogen-bond acceptors (Lipinski definition) is 4. The first-order valence-corrected chi connectivity index (χ1v) is 6.46. The van der Waals surface area contributed by atoms with E-state index in [1.807, 2.05) is 24.3 Å². The molecule has 3 rings (SSSR count). The predicted molar refractivity (Wildman–Crippen MR) is 80.2 cm³/mol. The van der Waals surface area contributed by atoms with Gasteiger partial charge in [-0.05, 0) is 17.7 Å². The van der Waals surface area contributed by atoms with Crippen LogP contribution >= 0.6 is 0 Å². The van der Waals surface area contributed by atoms with Crippen LogP contribution in [0.15, 0.2) is 33.9 Å². The van der Waals surface area contributed by atoms with E-state index in [1.54, 1.807) is 7.05 Å². The molecule has 0 bridgehead atoms. The molecule has 1 aromatic carbocycles. The number of nitrogens with zero attached hydrogens (tertiary/aromatic N) is 3. The van der Waals surface area contributed by atoms with Crippen molar-refractivity contribution in [2.24, 2.45) is 14.1 Å². The molecule has 0 saturated carbocycles. The van der Waals surface area contributed by atoms with Crippen molar-refractivity contribution in [3.63, 3.8) is 0 Å². The quantitative estimate of drug-likeness (QED) is 0.654. The lowest BCUT2D eigenvalue weighted by Gasteiger charge is -2.00. The highest BCUT2D eigenvalue weighted by molar-refractivity contribution is 5.69. The molecule has 0 amide bonds. The van der Waals surface area contributed by atoms with Crippen molar-refractivity contribution >= 4 is 16.9 Å². The highest BCUT2D eigenvalue weighted by Gasteiger charge is 2.13. The van der Waals surface area contributed by atoms with E-state index in [4.69, 9.17) is 5.73 Å². The molecule has 108 valence electrons. The Morgan fingerprint density at radius 1 is 1.14 bits per heavy atom. The number of fused-ring (bicyclic) bond motifs is 1. The Bertz CT molecular complexity index is 931. The van der Waals surface area contributed by atoms with E-state index in [0.29, 0.717) is 29.1 Å². The van der Waals surface area contributed by atoms with Crippen LogP contribution in [-0.2, 0) is 20.5 Å². The first-order chi connectivity index (χ1) is 9.97. The molecular formula is C14H15N5O2. The lowest BCUT2D eigenvalue weighted by molar-refractivity contribution is 0.708. The minimum absolute atomic E-state index is 0.338. The van der Waals surface area contributed by atoms with Gasteiger partial charge in [-0.25, -0.2) is 9.78 Å². The van der Waals surface area contributed by atoms with Crippen LogP contribution in [0.1, 0.15) is 11.4 Å². The van der Waals surface area contributed by atoms with Gasteiger partial charge in [-0.1, -0.05) is 12.1 Å². The molecule has 3 N–H and O–H groups in total. The average molecular weight is 285 g/mol. The summed E-state index contributed by atoms with van der Waals surface area (Å²) in [6, 6.07) is 7.43. The highest BCUT2D eigenvalue weighted by Crippen LogP contribution is 2.11. The number of anilines is 1. The van der Waals surface area contributed by atoms with E-state index >= 15 is 0 Å². The first kappa shape index (κ1) is 13.2. The SMILES string of the molecule is Cn1c(=O)c2[nH]c(Cc3ccc(N)cc3)nc2n(C)c1=O. The maximum Gasteiger partial charge on any atom is 0.332 e. The Labute approximate surface area is 119 Å². The monoisotopic (exact) mass is 285 g/mol. The summed E-state index contributed by atoms with van der Waals surface area (Å²) in [5.74, 6) is 0.632. The molecule has 3 aromatic rings. The van der Waals surface area contributed by atoms with Crippen LogP contribution in [0.2, 0.25) is 0 Å². The number of nitrogen functional groups attached to an aromatic ring is 1. The zero-order valence-electron chi connectivity index (χ0n) is 11.8. The third-order valence-corrected chi connectivity index (χ3v) is 3.50. The highest BCUT2D eigenvalue weighted by atomic mass is 16.2. The fourth-order valence-electron chi connectivity index (χ4n) is 2.29. The lowest BCUT2D eigenvalue weighted by atomic mass is 10.1. The Morgan fingerprint density at radius 3 is 2.48 bits per heavy atom. The van der Waals surface area contributed by atoms with E-state index in [9.17, 15) is 9.59 Å². The molecule has 0 aliphatic heterocycles. The van der Waals surface area contributed by atoms with Gasteiger partial charge in [0.15, 0.2) is 5.65 Å². The summed E-state index contributed by atoms with van der Waals surface area (Å²) in [7, 11) is 3.04. The molecule has 7 nitrogen and oxygen atoms in total. The van der Waals surface area contributed by atoms with Gasteiger partial charge in [0.05, 0.1) is 0 Å². The number of rotatable bonds is 2. The van der Waals surface area contributed by atoms with Crippen LogP contribution in [0, 0.1) is 0 Å². The summed E-state index contributed by atoms with van der Waals surface area (Å²) in [5, 5.41) is 0. The molecular weight excluding hydrogens is 270 g/mol. The zero-order valence-corrected chi connectivity index (χ0v) is 11.8. The first-order valence-electron chi connectivity index (χ1n) is 6.46. The third-order valence-electron chi connectivity index (χ3n) is 3.50. The number of aromatic amines is 1. The number of H-pyrrole nitrogens is 1. The third kappa shape index (κ3) is 2.12. The van der Waals surface area contributed by atoms with Crippen molar-refractivity contribution in [3.05, 3.63) is 56.5 Å². The summed E-state index contributed by atoms with van der Waals surface area (Å²) in [6.45, 7) is 0. The summed E-state index contributed by atoms with van der Waals surface area (Å²) >= 11 is 0. The topological polar surface area (TPSA) is 98.7 Å². The Hall–Kier alpha value is -2.83. The molecule has 0 fully saturated rings. The molecule has 0 aliphatic rings. The fraction of sp³-hybridized carbons (Fsp3) is 0.214. The van der Waals surface area contributed by atoms with E-state index in [2.05, 4.69) is 9.97 Å². The zero-order chi connectivity index (χ0) is 15.1. The van der Waals surface area contributed by atoms with E-state index in [1.165, 1.54) is 11.6 Å². The van der Waals surface area contributed by atoms with E-state index < -0.39 is 5.69 Å². The molecule has 0 saturated heterocycles. The van der Waals surface area contributed by atoms with Gasteiger partial charge in [-0.15, -0.1) is 0 Å². The second kappa shape index (κ2) is 4.62. The maximum atomic E-state index is 12.1. The minimum Gasteiger partial charge on any atom is -0.399 e. The van der Waals surface area contributed by atoms with Gasteiger partial charge in [0.2, 0.25) is 0 Å². The molecule has 0 atom stereocenters. The van der Waals surface area contributed by atoms with Crippen LogP contribution in [0.5, 0.6) is 0 Å². The maximum absolute atomic E-state index is 12.1. The van der Waals surface area contributed by atoms with Crippen molar-refractivity contribution in [1.82, 2.24) is 19.1 Å². The number of nitrogens with two attached hydrogens (primary N) is 1. The smallest absolute Gasteiger partial charge is 0.332 e. The van der Waals surface area contributed by atoms with Gasteiger partial charge < -0.3 is 10.7 Å². The summed E-state index contributed by atoms with van der Waals surface area (Å²) < 4.78 is 2.42. The molecule has 21 heavy (non-hydrogen) atoms. The van der Waals surface area contributed by atoms with Gasteiger partial charge in [0.1, 0.15) is 11.3 Å². The second-order valence-electron chi connectivity index (χ2n) is 5.01. The van der Waals surface area contributed by atoms with Crippen LogP contribution in [0.3, 0.4) is 0 Å².